The molecule has 0 aliphatic heterocycles. The molecule has 3 N–H and O–H groups in total. The van der Waals surface area contributed by atoms with Crippen LogP contribution in [-0.2, 0) is 4.79 Å². The Balaban J connectivity index is 1.86. The van der Waals surface area contributed by atoms with Crippen LogP contribution in [0.15, 0.2) is 0 Å². The number of nitrogens with two attached hydrogens (primary N) is 1. The van der Waals surface area contributed by atoms with Crippen LogP contribution in [0.1, 0.15) is 32.1 Å². The minimum Gasteiger partial charge on any atom is -0.480 e. The zero-order chi connectivity index (χ0) is 9.42. The van der Waals surface area contributed by atoms with E-state index in [9.17, 15) is 4.79 Å². The Morgan fingerprint density at radius 1 is 1.46 bits per heavy atom. The van der Waals surface area contributed by atoms with Crippen LogP contribution in [0.4, 0.5) is 0 Å². The molecule has 0 saturated heterocycles. The van der Waals surface area contributed by atoms with Gasteiger partial charge in [-0.3, -0.25) is 4.79 Å². The van der Waals surface area contributed by atoms with Crippen LogP contribution >= 0.6 is 0 Å². The Hall–Kier alpha value is -0.570. The zero-order valence-corrected chi connectivity index (χ0v) is 7.78. The molecular weight excluding hydrogens is 166 g/mol. The van der Waals surface area contributed by atoms with Gasteiger partial charge in [0.15, 0.2) is 0 Å². The van der Waals surface area contributed by atoms with Crippen LogP contribution in [0, 0.1) is 17.8 Å². The normalized spacial score (nSPS) is 39.3. The van der Waals surface area contributed by atoms with Gasteiger partial charge in [-0.05, 0) is 43.4 Å². The van der Waals surface area contributed by atoms with Gasteiger partial charge in [-0.1, -0.05) is 6.42 Å². The topological polar surface area (TPSA) is 63.3 Å². The van der Waals surface area contributed by atoms with Gasteiger partial charge in [0.25, 0.3) is 0 Å². The van der Waals surface area contributed by atoms with Gasteiger partial charge in [0.05, 0.1) is 0 Å². The summed E-state index contributed by atoms with van der Waals surface area (Å²) in [5.74, 6) is 1.43. The summed E-state index contributed by atoms with van der Waals surface area (Å²) >= 11 is 0. The molecule has 4 atom stereocenters. The number of rotatable bonds is 3. The van der Waals surface area contributed by atoms with Gasteiger partial charge in [0.1, 0.15) is 6.04 Å². The van der Waals surface area contributed by atoms with E-state index in [0.717, 1.165) is 11.8 Å². The van der Waals surface area contributed by atoms with E-state index in [2.05, 4.69) is 0 Å². The molecule has 2 aliphatic rings. The van der Waals surface area contributed by atoms with Crippen molar-refractivity contribution in [3.63, 3.8) is 0 Å². The van der Waals surface area contributed by atoms with Crippen LogP contribution in [0.25, 0.3) is 0 Å². The lowest BCUT2D eigenvalue weighted by Crippen LogP contribution is -2.33. The molecule has 2 saturated carbocycles. The van der Waals surface area contributed by atoms with Crippen molar-refractivity contribution in [1.29, 1.82) is 0 Å². The first kappa shape index (κ1) is 9.00. The molecule has 0 aromatic heterocycles. The van der Waals surface area contributed by atoms with E-state index in [1.165, 1.54) is 25.7 Å². The van der Waals surface area contributed by atoms with Crippen molar-refractivity contribution < 1.29 is 9.90 Å². The number of hydrogen-bond acceptors (Lipinski definition) is 2. The van der Waals surface area contributed by atoms with Crippen LogP contribution in [0.2, 0.25) is 0 Å². The third-order valence-corrected chi connectivity index (χ3v) is 3.76. The minimum absolute atomic E-state index is 0.602. The van der Waals surface area contributed by atoms with Crippen LogP contribution in [-0.4, -0.2) is 17.1 Å². The summed E-state index contributed by atoms with van der Waals surface area (Å²) in [6.07, 6.45) is 5.92. The number of carboxylic acid groups (broad SMARTS) is 1. The molecule has 0 amide bonds. The Bertz CT molecular complexity index is 217. The van der Waals surface area contributed by atoms with Gasteiger partial charge in [-0.25, -0.2) is 0 Å². The van der Waals surface area contributed by atoms with E-state index in [4.69, 9.17) is 10.8 Å². The Kier molecular flexibility index (Phi) is 2.28. The third kappa shape index (κ3) is 1.70. The molecule has 2 rings (SSSR count). The summed E-state index contributed by atoms with van der Waals surface area (Å²) in [5, 5.41) is 8.69. The molecule has 2 fully saturated rings. The van der Waals surface area contributed by atoms with Crippen molar-refractivity contribution in [1.82, 2.24) is 0 Å². The Labute approximate surface area is 78.3 Å². The average Bonchev–Trinajstić information content (AvgIpc) is 2.64. The quantitative estimate of drug-likeness (QED) is 0.691. The number of carboxylic acids is 1. The number of hydrogen-bond donors (Lipinski definition) is 2. The summed E-state index contributed by atoms with van der Waals surface area (Å²) in [5.41, 5.74) is 5.53. The first-order valence-corrected chi connectivity index (χ1v) is 5.15. The standard InChI is InChI=1S/C10H17NO2/c11-9(10(12)13)5-8-4-6-1-2-7(8)3-6/h6-9H,1-5,11H2,(H,12,13)/t6?,7?,8-,9+/m1/s1. The van der Waals surface area contributed by atoms with E-state index in [0.29, 0.717) is 12.3 Å². The monoisotopic (exact) mass is 183 g/mol. The fourth-order valence-electron chi connectivity index (χ4n) is 3.09. The SMILES string of the molecule is N[C@@H](C[C@H]1CC2CCC1C2)C(=O)O. The van der Waals surface area contributed by atoms with Crippen LogP contribution in [0.5, 0.6) is 0 Å². The van der Waals surface area contributed by atoms with Crippen molar-refractivity contribution in [3.8, 4) is 0 Å². The highest BCUT2D eigenvalue weighted by Crippen LogP contribution is 2.49. The lowest BCUT2D eigenvalue weighted by atomic mass is 9.84. The van der Waals surface area contributed by atoms with Gasteiger partial charge < -0.3 is 10.8 Å². The van der Waals surface area contributed by atoms with Gasteiger partial charge in [-0.15, -0.1) is 0 Å². The van der Waals surface area contributed by atoms with Crippen molar-refractivity contribution >= 4 is 5.97 Å². The summed E-state index contributed by atoms with van der Waals surface area (Å²) < 4.78 is 0. The molecule has 0 heterocycles. The fourth-order valence-corrected chi connectivity index (χ4v) is 3.09. The summed E-state index contributed by atoms with van der Waals surface area (Å²) in [4.78, 5) is 10.6. The molecule has 0 spiro atoms. The van der Waals surface area contributed by atoms with E-state index in [1.54, 1.807) is 0 Å². The number of aliphatic carboxylic acids is 1. The fraction of sp³-hybridized carbons (Fsp3) is 0.900. The zero-order valence-electron chi connectivity index (χ0n) is 7.78. The van der Waals surface area contributed by atoms with E-state index >= 15 is 0 Å². The van der Waals surface area contributed by atoms with Gasteiger partial charge in [0.2, 0.25) is 0 Å². The van der Waals surface area contributed by atoms with Crippen LogP contribution in [0.3, 0.4) is 0 Å². The largest absolute Gasteiger partial charge is 0.480 e. The summed E-state index contributed by atoms with van der Waals surface area (Å²) in [6, 6.07) is -0.635. The van der Waals surface area contributed by atoms with E-state index in [-0.39, 0.29) is 0 Å². The molecule has 0 aromatic carbocycles. The maximum absolute atomic E-state index is 10.6. The Morgan fingerprint density at radius 2 is 2.23 bits per heavy atom. The van der Waals surface area contributed by atoms with Gasteiger partial charge in [0, 0.05) is 0 Å². The average molecular weight is 183 g/mol. The molecule has 0 aromatic rings. The molecular formula is C10H17NO2. The highest BCUT2D eigenvalue weighted by atomic mass is 16.4. The maximum Gasteiger partial charge on any atom is 0.320 e. The number of fused-ring (bicyclic) bond motifs is 2. The predicted molar refractivity (Wildman–Crippen MR) is 49.2 cm³/mol. The predicted octanol–water partition coefficient (Wildman–Crippen LogP) is 1.22. The second kappa shape index (κ2) is 3.29. The molecule has 0 radical (unpaired) electrons. The van der Waals surface area contributed by atoms with Gasteiger partial charge >= 0.3 is 5.97 Å². The van der Waals surface area contributed by atoms with Crippen molar-refractivity contribution in [2.45, 2.75) is 38.1 Å². The van der Waals surface area contributed by atoms with Crippen molar-refractivity contribution in [2.24, 2.45) is 23.5 Å². The van der Waals surface area contributed by atoms with Crippen molar-refractivity contribution in [2.75, 3.05) is 0 Å². The lowest BCUT2D eigenvalue weighted by Gasteiger charge is -2.22. The third-order valence-electron chi connectivity index (χ3n) is 3.76. The number of carbonyl (C=O) groups is 1. The van der Waals surface area contributed by atoms with Crippen molar-refractivity contribution in [3.05, 3.63) is 0 Å². The molecule has 3 heteroatoms. The second-order valence-corrected chi connectivity index (χ2v) is 4.62. The smallest absolute Gasteiger partial charge is 0.320 e. The molecule has 2 bridgehead atoms. The molecule has 2 unspecified atom stereocenters. The summed E-state index contributed by atoms with van der Waals surface area (Å²) in [7, 11) is 0. The van der Waals surface area contributed by atoms with E-state index in [1.807, 2.05) is 0 Å². The first-order valence-electron chi connectivity index (χ1n) is 5.15. The minimum atomic E-state index is -0.845. The highest BCUT2D eigenvalue weighted by Gasteiger charge is 2.40. The van der Waals surface area contributed by atoms with Crippen LogP contribution < -0.4 is 5.73 Å². The summed E-state index contributed by atoms with van der Waals surface area (Å²) in [6.45, 7) is 0. The first-order chi connectivity index (χ1) is 6.16. The van der Waals surface area contributed by atoms with Gasteiger partial charge in [-0.2, -0.15) is 0 Å². The maximum atomic E-state index is 10.6. The van der Waals surface area contributed by atoms with E-state index < -0.39 is 12.0 Å². The lowest BCUT2D eigenvalue weighted by molar-refractivity contribution is -0.139. The molecule has 74 valence electrons. The highest BCUT2D eigenvalue weighted by molar-refractivity contribution is 5.73. The second-order valence-electron chi connectivity index (χ2n) is 4.62. The molecule has 3 nitrogen and oxygen atoms in total. The molecule has 13 heavy (non-hydrogen) atoms. The molecule has 2 aliphatic carbocycles. The Morgan fingerprint density at radius 3 is 2.69 bits per heavy atom.